The van der Waals surface area contributed by atoms with Crippen LogP contribution in [0.3, 0.4) is 0 Å². The van der Waals surface area contributed by atoms with Crippen molar-refractivity contribution in [1.82, 2.24) is 0 Å². The average Bonchev–Trinajstić information content (AvgIpc) is 2.36. The Labute approximate surface area is 125 Å². The molecule has 2 aromatic carbocycles. The molecular formula is C14H9Cl3O2. The van der Waals surface area contributed by atoms with Crippen molar-refractivity contribution in [3.05, 3.63) is 57.0 Å². The number of ether oxygens (including phenoxy) is 1. The van der Waals surface area contributed by atoms with Crippen LogP contribution in [-0.4, -0.2) is 5.78 Å². The third-order valence-corrected chi connectivity index (χ3v) is 3.48. The average molecular weight is 316 g/mol. The van der Waals surface area contributed by atoms with Gasteiger partial charge in [-0.1, -0.05) is 34.8 Å². The SMILES string of the molecule is CC(=O)c1ccc(Oc2cc(Cl)c(Cl)cc2Cl)cc1. The van der Waals surface area contributed by atoms with Crippen LogP contribution in [0.4, 0.5) is 0 Å². The molecule has 0 N–H and O–H groups in total. The Morgan fingerprint density at radius 2 is 1.53 bits per heavy atom. The molecule has 0 heterocycles. The molecule has 0 aliphatic heterocycles. The van der Waals surface area contributed by atoms with Crippen molar-refractivity contribution in [1.29, 1.82) is 0 Å². The largest absolute Gasteiger partial charge is 0.456 e. The summed E-state index contributed by atoms with van der Waals surface area (Å²) in [5.74, 6) is 0.969. The summed E-state index contributed by atoms with van der Waals surface area (Å²) in [6.07, 6.45) is 0. The van der Waals surface area contributed by atoms with E-state index in [1.807, 2.05) is 0 Å². The highest BCUT2D eigenvalue weighted by molar-refractivity contribution is 6.43. The molecule has 98 valence electrons. The number of hydrogen-bond donors (Lipinski definition) is 0. The van der Waals surface area contributed by atoms with E-state index in [2.05, 4.69) is 0 Å². The number of carbonyl (C=O) groups excluding carboxylic acids is 1. The van der Waals surface area contributed by atoms with Crippen LogP contribution in [0, 0.1) is 0 Å². The summed E-state index contributed by atoms with van der Waals surface area (Å²) in [4.78, 5) is 11.2. The van der Waals surface area contributed by atoms with Gasteiger partial charge in [-0.15, -0.1) is 0 Å². The molecule has 0 aliphatic rings. The molecule has 0 saturated carbocycles. The van der Waals surface area contributed by atoms with Gasteiger partial charge in [0.15, 0.2) is 5.78 Å². The van der Waals surface area contributed by atoms with E-state index in [0.717, 1.165) is 0 Å². The summed E-state index contributed by atoms with van der Waals surface area (Å²) in [6.45, 7) is 1.51. The molecule has 0 bridgehead atoms. The molecule has 0 saturated heterocycles. The van der Waals surface area contributed by atoms with Gasteiger partial charge in [-0.05, 0) is 37.3 Å². The molecule has 0 fully saturated rings. The summed E-state index contributed by atoms with van der Waals surface area (Å²) in [5.41, 5.74) is 0.618. The fraction of sp³-hybridized carbons (Fsp3) is 0.0714. The van der Waals surface area contributed by atoms with Crippen LogP contribution in [0.2, 0.25) is 15.1 Å². The van der Waals surface area contributed by atoms with E-state index in [1.54, 1.807) is 30.3 Å². The number of ketones is 1. The van der Waals surface area contributed by atoms with E-state index >= 15 is 0 Å². The molecule has 0 aliphatic carbocycles. The second-order valence-corrected chi connectivity index (χ2v) is 5.10. The van der Waals surface area contributed by atoms with E-state index in [1.165, 1.54) is 13.0 Å². The summed E-state index contributed by atoms with van der Waals surface area (Å²) < 4.78 is 5.59. The Balaban J connectivity index is 2.26. The standard InChI is InChI=1S/C14H9Cl3O2/c1-8(18)9-2-4-10(5-3-9)19-14-7-12(16)11(15)6-13(14)17/h2-7H,1H3. The van der Waals surface area contributed by atoms with Crippen molar-refractivity contribution in [3.63, 3.8) is 0 Å². The van der Waals surface area contributed by atoms with Gasteiger partial charge in [0.1, 0.15) is 11.5 Å². The zero-order valence-electron chi connectivity index (χ0n) is 9.91. The lowest BCUT2D eigenvalue weighted by molar-refractivity contribution is 0.101. The minimum atomic E-state index is -0.000815. The molecule has 2 aromatic rings. The fourth-order valence-electron chi connectivity index (χ4n) is 1.47. The van der Waals surface area contributed by atoms with Crippen LogP contribution in [0.25, 0.3) is 0 Å². The van der Waals surface area contributed by atoms with Crippen molar-refractivity contribution >= 4 is 40.6 Å². The van der Waals surface area contributed by atoms with Gasteiger partial charge in [0.2, 0.25) is 0 Å². The molecule has 2 rings (SSSR count). The first-order valence-electron chi connectivity index (χ1n) is 5.41. The van der Waals surface area contributed by atoms with E-state index in [-0.39, 0.29) is 5.78 Å². The molecule has 0 spiro atoms. The first-order valence-corrected chi connectivity index (χ1v) is 6.54. The number of carbonyl (C=O) groups is 1. The van der Waals surface area contributed by atoms with Crippen molar-refractivity contribution in [3.8, 4) is 11.5 Å². The van der Waals surface area contributed by atoms with Crippen LogP contribution in [-0.2, 0) is 0 Å². The third-order valence-electron chi connectivity index (χ3n) is 2.46. The highest BCUT2D eigenvalue weighted by Crippen LogP contribution is 2.36. The van der Waals surface area contributed by atoms with Gasteiger partial charge in [-0.25, -0.2) is 0 Å². The number of halogens is 3. The van der Waals surface area contributed by atoms with Gasteiger partial charge in [-0.3, -0.25) is 4.79 Å². The summed E-state index contributed by atoms with van der Waals surface area (Å²) in [6, 6.07) is 9.81. The molecule has 19 heavy (non-hydrogen) atoms. The third kappa shape index (κ3) is 3.41. The van der Waals surface area contributed by atoms with E-state index in [4.69, 9.17) is 39.5 Å². The van der Waals surface area contributed by atoms with Crippen molar-refractivity contribution < 1.29 is 9.53 Å². The Morgan fingerprint density at radius 1 is 0.947 bits per heavy atom. The van der Waals surface area contributed by atoms with Gasteiger partial charge in [0.05, 0.1) is 15.1 Å². The van der Waals surface area contributed by atoms with Crippen LogP contribution < -0.4 is 4.74 Å². The predicted octanol–water partition coefficient (Wildman–Crippen LogP) is 5.64. The molecular weight excluding hydrogens is 307 g/mol. The van der Waals surface area contributed by atoms with Gasteiger partial charge < -0.3 is 4.74 Å². The first kappa shape index (κ1) is 14.2. The Kier molecular flexibility index (Phi) is 4.35. The van der Waals surface area contributed by atoms with E-state index < -0.39 is 0 Å². The van der Waals surface area contributed by atoms with Crippen LogP contribution in [0.15, 0.2) is 36.4 Å². The smallest absolute Gasteiger partial charge is 0.159 e. The van der Waals surface area contributed by atoms with Crippen LogP contribution in [0.5, 0.6) is 11.5 Å². The molecule has 0 radical (unpaired) electrons. The van der Waals surface area contributed by atoms with E-state index in [0.29, 0.717) is 32.1 Å². The minimum Gasteiger partial charge on any atom is -0.456 e. The lowest BCUT2D eigenvalue weighted by atomic mass is 10.1. The van der Waals surface area contributed by atoms with Crippen molar-refractivity contribution in [2.75, 3.05) is 0 Å². The quantitative estimate of drug-likeness (QED) is 0.541. The Morgan fingerprint density at radius 3 is 2.11 bits per heavy atom. The maximum Gasteiger partial charge on any atom is 0.159 e. The lowest BCUT2D eigenvalue weighted by Gasteiger charge is -2.09. The number of Topliss-reactive ketones (excluding diaryl/α,β-unsaturated/α-hetero) is 1. The highest BCUT2D eigenvalue weighted by Gasteiger charge is 2.08. The number of benzene rings is 2. The second-order valence-electron chi connectivity index (χ2n) is 3.88. The summed E-state index contributed by atoms with van der Waals surface area (Å²) in [5, 5.41) is 1.09. The topological polar surface area (TPSA) is 26.3 Å². The van der Waals surface area contributed by atoms with Crippen LogP contribution in [0.1, 0.15) is 17.3 Å². The zero-order valence-corrected chi connectivity index (χ0v) is 12.2. The maximum atomic E-state index is 11.2. The Bertz CT molecular complexity index is 621. The molecule has 0 unspecified atom stereocenters. The van der Waals surface area contributed by atoms with Crippen molar-refractivity contribution in [2.45, 2.75) is 6.92 Å². The predicted molar refractivity (Wildman–Crippen MR) is 78.0 cm³/mol. The van der Waals surface area contributed by atoms with Crippen LogP contribution >= 0.6 is 34.8 Å². The molecule has 0 aromatic heterocycles. The fourth-order valence-corrected chi connectivity index (χ4v) is 2.04. The zero-order chi connectivity index (χ0) is 14.0. The van der Waals surface area contributed by atoms with Gasteiger partial charge in [-0.2, -0.15) is 0 Å². The van der Waals surface area contributed by atoms with Crippen molar-refractivity contribution in [2.24, 2.45) is 0 Å². The lowest BCUT2D eigenvalue weighted by Crippen LogP contribution is -1.92. The van der Waals surface area contributed by atoms with E-state index in [9.17, 15) is 4.79 Å². The van der Waals surface area contributed by atoms with Gasteiger partial charge in [0.25, 0.3) is 0 Å². The maximum absolute atomic E-state index is 11.2. The summed E-state index contributed by atoms with van der Waals surface area (Å²) >= 11 is 17.7. The molecule has 0 atom stereocenters. The molecule has 2 nitrogen and oxygen atoms in total. The molecule has 5 heteroatoms. The number of rotatable bonds is 3. The second kappa shape index (κ2) is 5.83. The monoisotopic (exact) mass is 314 g/mol. The van der Waals surface area contributed by atoms with Gasteiger partial charge in [0, 0.05) is 11.6 Å². The normalized spacial score (nSPS) is 10.3. The first-order chi connectivity index (χ1) is 8.97. The minimum absolute atomic E-state index is 0.000815. The molecule has 0 amide bonds. The highest BCUT2D eigenvalue weighted by atomic mass is 35.5. The number of hydrogen-bond acceptors (Lipinski definition) is 2. The summed E-state index contributed by atoms with van der Waals surface area (Å²) in [7, 11) is 0. The van der Waals surface area contributed by atoms with Gasteiger partial charge >= 0.3 is 0 Å². The Hall–Kier alpha value is -1.22.